The molecule has 1 aliphatic heterocycles. The summed E-state index contributed by atoms with van der Waals surface area (Å²) in [5, 5.41) is 6.86. The van der Waals surface area contributed by atoms with Crippen LogP contribution in [0.25, 0.3) is 0 Å². The van der Waals surface area contributed by atoms with Gasteiger partial charge in [0.2, 0.25) is 0 Å². The minimum Gasteiger partial charge on any atom is -0.355 e. The molecule has 0 spiro atoms. The molecule has 2 N–H and O–H groups in total. The SMILES string of the molecule is CN=C(NCCN(C(C)C)C(C)C)NCc1ccc(CN2CCN(C)CC2)cc1.I. The zero-order chi connectivity index (χ0) is 21.2. The number of benzene rings is 1. The molecular weight excluding hydrogens is 487 g/mol. The van der Waals surface area contributed by atoms with Crippen molar-refractivity contribution in [3.05, 3.63) is 35.4 Å². The first-order valence-electron chi connectivity index (χ1n) is 11.1. The number of piperazine rings is 1. The Labute approximate surface area is 201 Å². The fourth-order valence-electron chi connectivity index (χ4n) is 3.85. The summed E-state index contributed by atoms with van der Waals surface area (Å²) in [5.74, 6) is 0.860. The van der Waals surface area contributed by atoms with Crippen LogP contribution in [-0.2, 0) is 13.1 Å². The van der Waals surface area contributed by atoms with Gasteiger partial charge in [0.1, 0.15) is 0 Å². The predicted octanol–water partition coefficient (Wildman–Crippen LogP) is 2.84. The standard InChI is InChI=1S/C23H42N6.HI/c1-19(2)29(20(3)4)12-11-25-23(24-5)26-17-21-7-9-22(10-8-21)18-28-15-13-27(6)14-16-28;/h7-10,19-20H,11-18H2,1-6H3,(H2,24,25,26);1H. The molecule has 1 heterocycles. The molecule has 0 bridgehead atoms. The van der Waals surface area contributed by atoms with Crippen molar-refractivity contribution < 1.29 is 0 Å². The first-order valence-corrected chi connectivity index (χ1v) is 11.1. The molecule has 172 valence electrons. The van der Waals surface area contributed by atoms with E-state index >= 15 is 0 Å². The fraction of sp³-hybridized carbons (Fsp3) is 0.696. The summed E-state index contributed by atoms with van der Waals surface area (Å²) in [4.78, 5) is 11.8. The van der Waals surface area contributed by atoms with Crippen molar-refractivity contribution in [3.8, 4) is 0 Å². The van der Waals surface area contributed by atoms with Gasteiger partial charge in [-0.2, -0.15) is 0 Å². The van der Waals surface area contributed by atoms with Gasteiger partial charge < -0.3 is 15.5 Å². The maximum atomic E-state index is 4.36. The Hall–Kier alpha value is -0.900. The molecule has 0 amide bonds. The molecule has 0 atom stereocenters. The van der Waals surface area contributed by atoms with Gasteiger partial charge in [-0.3, -0.25) is 14.8 Å². The van der Waals surface area contributed by atoms with Crippen molar-refractivity contribution in [2.45, 2.75) is 52.9 Å². The van der Waals surface area contributed by atoms with Crippen molar-refractivity contribution >= 4 is 29.9 Å². The van der Waals surface area contributed by atoms with Crippen LogP contribution in [0.1, 0.15) is 38.8 Å². The van der Waals surface area contributed by atoms with Crippen molar-refractivity contribution in [2.24, 2.45) is 4.99 Å². The Morgan fingerprint density at radius 1 is 0.967 bits per heavy atom. The predicted molar refractivity (Wildman–Crippen MR) is 140 cm³/mol. The monoisotopic (exact) mass is 530 g/mol. The highest BCUT2D eigenvalue weighted by Crippen LogP contribution is 2.10. The maximum Gasteiger partial charge on any atom is 0.191 e. The first kappa shape index (κ1) is 27.1. The third-order valence-electron chi connectivity index (χ3n) is 5.70. The zero-order valence-electron chi connectivity index (χ0n) is 19.8. The largest absolute Gasteiger partial charge is 0.355 e. The molecule has 1 fully saturated rings. The number of rotatable bonds is 9. The van der Waals surface area contributed by atoms with E-state index in [0.29, 0.717) is 12.1 Å². The molecule has 30 heavy (non-hydrogen) atoms. The molecule has 0 radical (unpaired) electrons. The molecule has 7 heteroatoms. The van der Waals surface area contributed by atoms with Crippen LogP contribution in [0.3, 0.4) is 0 Å². The highest BCUT2D eigenvalue weighted by molar-refractivity contribution is 14.0. The van der Waals surface area contributed by atoms with Crippen LogP contribution in [0.2, 0.25) is 0 Å². The van der Waals surface area contributed by atoms with E-state index in [4.69, 9.17) is 0 Å². The molecule has 1 aromatic rings. The highest BCUT2D eigenvalue weighted by Gasteiger charge is 2.14. The lowest BCUT2D eigenvalue weighted by atomic mass is 10.1. The van der Waals surface area contributed by atoms with Gasteiger partial charge in [-0.25, -0.2) is 0 Å². The fourth-order valence-corrected chi connectivity index (χ4v) is 3.85. The van der Waals surface area contributed by atoms with Crippen molar-refractivity contribution in [2.75, 3.05) is 53.4 Å². The Morgan fingerprint density at radius 2 is 1.53 bits per heavy atom. The van der Waals surface area contributed by atoms with Gasteiger partial charge >= 0.3 is 0 Å². The Balaban J connectivity index is 0.00000450. The number of aliphatic imine (C=N–C) groups is 1. The minimum absolute atomic E-state index is 0. The number of halogens is 1. The summed E-state index contributed by atoms with van der Waals surface area (Å²) in [6.07, 6.45) is 0. The lowest BCUT2D eigenvalue weighted by Gasteiger charge is -2.32. The normalized spacial score (nSPS) is 16.2. The van der Waals surface area contributed by atoms with Crippen molar-refractivity contribution in [1.29, 1.82) is 0 Å². The van der Waals surface area contributed by atoms with Gasteiger partial charge in [0.25, 0.3) is 0 Å². The quantitative estimate of drug-likeness (QED) is 0.292. The number of hydrogen-bond acceptors (Lipinski definition) is 4. The van der Waals surface area contributed by atoms with Crippen LogP contribution < -0.4 is 10.6 Å². The number of nitrogens with zero attached hydrogens (tertiary/aromatic N) is 4. The van der Waals surface area contributed by atoms with Crippen LogP contribution in [0.4, 0.5) is 0 Å². The molecule has 2 rings (SSSR count). The van der Waals surface area contributed by atoms with Gasteiger partial charge in [0.05, 0.1) is 0 Å². The summed E-state index contributed by atoms with van der Waals surface area (Å²) in [6, 6.07) is 10.1. The lowest BCUT2D eigenvalue weighted by Crippen LogP contribution is -2.45. The average Bonchev–Trinajstić information content (AvgIpc) is 2.69. The summed E-state index contributed by atoms with van der Waals surface area (Å²) in [5.41, 5.74) is 2.67. The molecule has 1 aliphatic rings. The van der Waals surface area contributed by atoms with E-state index in [9.17, 15) is 0 Å². The molecule has 1 saturated heterocycles. The van der Waals surface area contributed by atoms with Gasteiger partial charge in [0.15, 0.2) is 5.96 Å². The van der Waals surface area contributed by atoms with E-state index < -0.39 is 0 Å². The molecular formula is C23H43IN6. The lowest BCUT2D eigenvalue weighted by molar-refractivity contribution is 0.148. The van der Waals surface area contributed by atoms with E-state index in [1.807, 2.05) is 7.05 Å². The van der Waals surface area contributed by atoms with E-state index in [1.165, 1.54) is 24.2 Å². The smallest absolute Gasteiger partial charge is 0.191 e. The maximum absolute atomic E-state index is 4.36. The second kappa shape index (κ2) is 14.2. The number of nitrogens with one attached hydrogen (secondary N) is 2. The average molecular weight is 531 g/mol. The highest BCUT2D eigenvalue weighted by atomic mass is 127. The van der Waals surface area contributed by atoms with E-state index in [1.54, 1.807) is 0 Å². The van der Waals surface area contributed by atoms with Gasteiger partial charge in [0, 0.05) is 71.5 Å². The summed E-state index contributed by atoms with van der Waals surface area (Å²) >= 11 is 0. The molecule has 6 nitrogen and oxygen atoms in total. The summed E-state index contributed by atoms with van der Waals surface area (Å²) in [7, 11) is 4.03. The van der Waals surface area contributed by atoms with Crippen molar-refractivity contribution in [3.63, 3.8) is 0 Å². The van der Waals surface area contributed by atoms with Crippen molar-refractivity contribution in [1.82, 2.24) is 25.3 Å². The molecule has 0 saturated carbocycles. The third-order valence-corrected chi connectivity index (χ3v) is 5.70. The number of guanidine groups is 1. The van der Waals surface area contributed by atoms with E-state index in [2.05, 4.69) is 89.3 Å². The minimum atomic E-state index is 0. The van der Waals surface area contributed by atoms with Crippen LogP contribution in [0, 0.1) is 0 Å². The van der Waals surface area contributed by atoms with Crippen LogP contribution in [0.5, 0.6) is 0 Å². The second-order valence-electron chi connectivity index (χ2n) is 8.67. The zero-order valence-corrected chi connectivity index (χ0v) is 22.1. The second-order valence-corrected chi connectivity index (χ2v) is 8.67. The number of hydrogen-bond donors (Lipinski definition) is 2. The van der Waals surface area contributed by atoms with Gasteiger partial charge in [-0.05, 0) is 45.9 Å². The third kappa shape index (κ3) is 9.49. The molecule has 0 aromatic heterocycles. The molecule has 0 aliphatic carbocycles. The van der Waals surface area contributed by atoms with Crippen LogP contribution >= 0.6 is 24.0 Å². The Morgan fingerprint density at radius 3 is 2.07 bits per heavy atom. The summed E-state index contributed by atoms with van der Waals surface area (Å²) in [6.45, 7) is 17.4. The Kier molecular flexibility index (Phi) is 12.9. The Bertz CT molecular complexity index is 601. The van der Waals surface area contributed by atoms with Crippen LogP contribution in [-0.4, -0.2) is 86.1 Å². The van der Waals surface area contributed by atoms with Crippen LogP contribution in [0.15, 0.2) is 29.3 Å². The summed E-state index contributed by atoms with van der Waals surface area (Å²) < 4.78 is 0. The first-order chi connectivity index (χ1) is 13.9. The van der Waals surface area contributed by atoms with E-state index in [-0.39, 0.29) is 24.0 Å². The topological polar surface area (TPSA) is 46.1 Å². The van der Waals surface area contributed by atoms with Gasteiger partial charge in [-0.15, -0.1) is 24.0 Å². The van der Waals surface area contributed by atoms with E-state index in [0.717, 1.165) is 45.2 Å². The molecule has 1 aromatic carbocycles. The van der Waals surface area contributed by atoms with Gasteiger partial charge in [-0.1, -0.05) is 24.3 Å². The number of likely N-dealkylation sites (N-methyl/N-ethyl adjacent to an activating group) is 1. The molecule has 0 unspecified atom stereocenters.